The molecule has 0 aliphatic carbocycles. The molecule has 2 unspecified atom stereocenters. The van der Waals surface area contributed by atoms with Gasteiger partial charge in [-0.25, -0.2) is 0 Å². The van der Waals surface area contributed by atoms with Crippen molar-refractivity contribution in [3.8, 4) is 0 Å². The fourth-order valence-electron chi connectivity index (χ4n) is 8.19. The molecular formula is C36H39N9O20. The van der Waals surface area contributed by atoms with Crippen LogP contribution < -0.4 is 15.5 Å². The third kappa shape index (κ3) is 9.37. The molecule has 7 rings (SSSR count). The molecule has 0 radical (unpaired) electrons. The minimum Gasteiger partial charge on any atom is -0.388 e. The Morgan fingerprint density at radius 1 is 0.554 bits per heavy atom. The van der Waals surface area contributed by atoms with Crippen molar-refractivity contribution < 1.29 is 68.2 Å². The largest absolute Gasteiger partial charge is 0.388 e. The first kappa shape index (κ1) is 46.1. The number of non-ortho nitro benzene ring substituents is 3. The van der Waals surface area contributed by atoms with E-state index in [1.807, 2.05) is 0 Å². The van der Waals surface area contributed by atoms with Crippen molar-refractivity contribution in [3.05, 3.63) is 115 Å². The predicted octanol–water partition coefficient (Wildman–Crippen LogP) is 3.38. The Kier molecular flexibility index (Phi) is 12.3. The number of rotatable bonds is 17. The van der Waals surface area contributed by atoms with Crippen LogP contribution in [0, 0.1) is 60.7 Å². The lowest BCUT2D eigenvalue weighted by atomic mass is 9.99. The highest BCUT2D eigenvalue weighted by molar-refractivity contribution is 5.68. The van der Waals surface area contributed by atoms with Crippen LogP contribution in [0.4, 0.5) is 51.2 Å². The molecule has 4 aliphatic rings. The SMILES string of the molecule is CC1(C)O[C@H]2O[C@H](C(O)CN(CC(O)[C@H]3O[C@@H]4OC(C)(C)O[C@@H]4[C@H]3Nc3ccc([N+](=O)[O-])cc3[N+](=O)[O-])c3ccc([N+](=O)[O-])cc3[N+](=O)[O-])[C@H](Nc3ccc([N+](=O)[O-])cc3[N+](=O)[O-])[C@H]2O1. The number of nitrogens with zero attached hydrogens (tertiary/aromatic N) is 7. The summed E-state index contributed by atoms with van der Waals surface area (Å²) in [6.07, 6.45) is -11.2. The molecule has 4 aliphatic heterocycles. The molecule has 0 aromatic heterocycles. The van der Waals surface area contributed by atoms with Gasteiger partial charge in [0.2, 0.25) is 0 Å². The summed E-state index contributed by atoms with van der Waals surface area (Å²) in [5, 5.41) is 101. The summed E-state index contributed by atoms with van der Waals surface area (Å²) in [4.78, 5) is 67.1. The van der Waals surface area contributed by atoms with E-state index in [1.165, 1.54) is 0 Å². The molecule has 4 heterocycles. The van der Waals surface area contributed by atoms with Gasteiger partial charge in [0.1, 0.15) is 41.5 Å². The number of nitrogens with one attached hydrogen (secondary N) is 2. The van der Waals surface area contributed by atoms with Gasteiger partial charge >= 0.3 is 0 Å². The summed E-state index contributed by atoms with van der Waals surface area (Å²) in [6, 6.07) is 5.67. The van der Waals surface area contributed by atoms with Gasteiger partial charge in [-0.15, -0.1) is 0 Å². The first-order chi connectivity index (χ1) is 30.4. The zero-order chi connectivity index (χ0) is 47.4. The van der Waals surface area contributed by atoms with Crippen LogP contribution in [0.3, 0.4) is 0 Å². The molecule has 10 atom stereocenters. The molecule has 3 aromatic carbocycles. The van der Waals surface area contributed by atoms with E-state index >= 15 is 0 Å². The number of nitro benzene ring substituents is 6. The number of nitro groups is 6. The lowest BCUT2D eigenvalue weighted by Gasteiger charge is -2.36. The van der Waals surface area contributed by atoms with E-state index in [1.54, 1.807) is 27.7 Å². The van der Waals surface area contributed by atoms with Crippen LogP contribution in [0.25, 0.3) is 0 Å². The number of hydrogen-bond donors (Lipinski definition) is 4. The molecule has 4 saturated heterocycles. The fraction of sp³-hybridized carbons (Fsp3) is 0.500. The van der Waals surface area contributed by atoms with Gasteiger partial charge in [-0.1, -0.05) is 0 Å². The molecule has 348 valence electrons. The number of aliphatic hydroxyl groups is 2. The summed E-state index contributed by atoms with van der Waals surface area (Å²) >= 11 is 0. The molecule has 0 saturated carbocycles. The van der Waals surface area contributed by atoms with Crippen molar-refractivity contribution in [2.24, 2.45) is 0 Å². The van der Waals surface area contributed by atoms with Crippen LogP contribution in [0.1, 0.15) is 27.7 Å². The van der Waals surface area contributed by atoms with Gasteiger partial charge in [0.05, 0.1) is 72.0 Å². The minimum absolute atomic E-state index is 0.248. The number of aliphatic hydroxyl groups excluding tert-OH is 2. The van der Waals surface area contributed by atoms with Gasteiger partial charge in [-0.05, 0) is 45.9 Å². The molecule has 0 bridgehead atoms. The van der Waals surface area contributed by atoms with Gasteiger partial charge in [-0.2, -0.15) is 0 Å². The first-order valence-corrected chi connectivity index (χ1v) is 19.4. The normalized spacial score (nSPS) is 26.9. The van der Waals surface area contributed by atoms with Crippen LogP contribution >= 0.6 is 0 Å². The van der Waals surface area contributed by atoms with E-state index in [-0.39, 0.29) is 17.1 Å². The molecule has 0 spiro atoms. The summed E-state index contributed by atoms with van der Waals surface area (Å²) in [5.41, 5.74) is -5.04. The number of fused-ring (bicyclic) bond motifs is 2. The Labute approximate surface area is 363 Å². The Morgan fingerprint density at radius 3 is 1.26 bits per heavy atom. The topological polar surface area (TPSA) is 382 Å². The lowest BCUT2D eigenvalue weighted by molar-refractivity contribution is -0.394. The van der Waals surface area contributed by atoms with E-state index in [0.717, 1.165) is 41.3 Å². The highest BCUT2D eigenvalue weighted by atomic mass is 16.8. The molecule has 29 heteroatoms. The fourth-order valence-corrected chi connectivity index (χ4v) is 8.19. The average molecular weight is 918 g/mol. The monoisotopic (exact) mass is 917 g/mol. The van der Waals surface area contributed by atoms with Crippen LogP contribution in [0.15, 0.2) is 54.6 Å². The smallest absolute Gasteiger partial charge is 0.299 e. The van der Waals surface area contributed by atoms with E-state index in [4.69, 9.17) is 28.4 Å². The number of hydrogen-bond acceptors (Lipinski definition) is 23. The third-order valence-electron chi connectivity index (χ3n) is 10.9. The Hall–Kier alpha value is -6.86. The van der Waals surface area contributed by atoms with E-state index < -0.39 is 150 Å². The molecule has 0 amide bonds. The van der Waals surface area contributed by atoms with E-state index in [2.05, 4.69) is 10.6 Å². The molecule has 3 aromatic rings. The van der Waals surface area contributed by atoms with Gasteiger partial charge < -0.3 is 54.2 Å². The lowest BCUT2D eigenvalue weighted by Crippen LogP contribution is -2.53. The minimum atomic E-state index is -1.79. The summed E-state index contributed by atoms with van der Waals surface area (Å²) in [7, 11) is 0. The number of benzene rings is 3. The third-order valence-corrected chi connectivity index (χ3v) is 10.9. The second kappa shape index (κ2) is 17.3. The highest BCUT2D eigenvalue weighted by Gasteiger charge is 2.59. The van der Waals surface area contributed by atoms with Gasteiger partial charge in [0.25, 0.3) is 34.1 Å². The predicted molar refractivity (Wildman–Crippen MR) is 216 cm³/mol. The van der Waals surface area contributed by atoms with Crippen molar-refractivity contribution in [2.45, 2.75) is 101 Å². The van der Waals surface area contributed by atoms with Gasteiger partial charge in [-0.3, -0.25) is 60.7 Å². The van der Waals surface area contributed by atoms with Crippen LogP contribution in [-0.2, 0) is 28.4 Å². The second-order valence-corrected chi connectivity index (χ2v) is 16.1. The van der Waals surface area contributed by atoms with Crippen LogP contribution in [0.2, 0.25) is 0 Å². The Bertz CT molecular complexity index is 2310. The van der Waals surface area contributed by atoms with Crippen LogP contribution in [-0.4, -0.2) is 126 Å². The maximum atomic E-state index is 12.5. The molecular weight excluding hydrogens is 878 g/mol. The standard InChI is InChI=1S/C36H39N9O20/c1-35(2)62-31-27(37-19-8-5-16(40(48)49)11-22(19)43(54)55)29(60-33(31)64-35)25(46)14-39(21-10-7-18(42(52)53)13-24(21)45(58)59)15-26(47)30-28(32-34(61-30)65-36(3,4)63-32)38-20-9-6-17(41(50)51)12-23(20)44(56)57/h5-13,25-34,37-38,46-47H,14-15H2,1-4H3/t25?,26?,27-,28-,29+,30+,31+,32+,33+,34+/m0/s1. The van der Waals surface area contributed by atoms with Crippen molar-refractivity contribution in [1.82, 2.24) is 0 Å². The Balaban J connectivity index is 1.24. The van der Waals surface area contributed by atoms with E-state index in [0.29, 0.717) is 18.2 Å². The Morgan fingerprint density at radius 2 is 0.908 bits per heavy atom. The van der Waals surface area contributed by atoms with Crippen LogP contribution in [0.5, 0.6) is 0 Å². The maximum absolute atomic E-state index is 12.5. The maximum Gasteiger partial charge on any atom is 0.299 e. The average Bonchev–Trinajstić information content (AvgIpc) is 3.91. The zero-order valence-corrected chi connectivity index (χ0v) is 34.3. The molecule has 4 N–H and O–H groups in total. The van der Waals surface area contributed by atoms with Crippen molar-refractivity contribution in [1.29, 1.82) is 0 Å². The summed E-state index contributed by atoms with van der Waals surface area (Å²) in [6.45, 7) is 4.77. The van der Waals surface area contributed by atoms with Crippen molar-refractivity contribution in [3.63, 3.8) is 0 Å². The quantitative estimate of drug-likeness (QED) is 0.111. The first-order valence-electron chi connectivity index (χ1n) is 19.4. The summed E-state index contributed by atoms with van der Waals surface area (Å²) in [5.74, 6) is -2.55. The highest BCUT2D eigenvalue weighted by Crippen LogP contribution is 2.44. The number of anilines is 3. The molecule has 65 heavy (non-hydrogen) atoms. The molecule has 4 fully saturated rings. The van der Waals surface area contributed by atoms with Gasteiger partial charge in [0, 0.05) is 31.3 Å². The number of ether oxygens (including phenoxy) is 6. The second-order valence-electron chi connectivity index (χ2n) is 16.1. The molecule has 29 nitrogen and oxygen atoms in total. The van der Waals surface area contributed by atoms with E-state index in [9.17, 15) is 70.9 Å². The zero-order valence-electron chi connectivity index (χ0n) is 34.3. The van der Waals surface area contributed by atoms with Gasteiger partial charge in [0.15, 0.2) is 24.2 Å². The van der Waals surface area contributed by atoms with Crippen molar-refractivity contribution in [2.75, 3.05) is 28.6 Å². The summed E-state index contributed by atoms with van der Waals surface area (Å²) < 4.78 is 36.0. The van der Waals surface area contributed by atoms with Crippen molar-refractivity contribution >= 4 is 51.2 Å².